The molecule has 0 aliphatic carbocycles. The van der Waals surface area contributed by atoms with Crippen LogP contribution in [-0.4, -0.2) is 29.3 Å². The number of hydrogen-bond acceptors (Lipinski definition) is 3. The van der Waals surface area contributed by atoms with E-state index in [0.717, 1.165) is 12.1 Å². The van der Waals surface area contributed by atoms with Crippen LogP contribution in [0, 0.1) is 0 Å². The minimum absolute atomic E-state index is 0.0440. The molecule has 0 atom stereocenters. The number of aliphatic carboxylic acids is 1. The zero-order chi connectivity index (χ0) is 19.3. The zero-order valence-electron chi connectivity index (χ0n) is 14.2. The Balaban J connectivity index is 2.90. The molecule has 6 nitrogen and oxygen atoms in total. The Morgan fingerprint density at radius 1 is 1.24 bits per heavy atom. The van der Waals surface area contributed by atoms with Gasteiger partial charge < -0.3 is 20.5 Å². The molecule has 0 heterocycles. The average molecular weight is 362 g/mol. The molecule has 0 fully saturated rings. The van der Waals surface area contributed by atoms with Crippen molar-refractivity contribution in [2.45, 2.75) is 45.3 Å². The van der Waals surface area contributed by atoms with Crippen molar-refractivity contribution in [3.8, 4) is 5.75 Å². The minimum atomic E-state index is -4.67. The number of halogens is 3. The van der Waals surface area contributed by atoms with Gasteiger partial charge in [0.1, 0.15) is 5.75 Å². The Kier molecular flexibility index (Phi) is 6.66. The van der Waals surface area contributed by atoms with Crippen molar-refractivity contribution in [1.29, 1.82) is 0 Å². The number of amides is 2. The highest BCUT2D eigenvalue weighted by atomic mass is 19.4. The molecule has 140 valence electrons. The highest BCUT2D eigenvalue weighted by Gasteiger charge is 2.35. The van der Waals surface area contributed by atoms with Crippen LogP contribution in [-0.2, 0) is 11.0 Å². The monoisotopic (exact) mass is 362 g/mol. The summed E-state index contributed by atoms with van der Waals surface area (Å²) in [6.07, 6.45) is -4.72. The number of anilines is 1. The lowest BCUT2D eigenvalue weighted by Crippen LogP contribution is -2.46. The highest BCUT2D eigenvalue weighted by Crippen LogP contribution is 2.37. The predicted molar refractivity (Wildman–Crippen MR) is 85.7 cm³/mol. The number of carboxylic acid groups (broad SMARTS) is 1. The lowest BCUT2D eigenvalue weighted by molar-refractivity contribution is -0.138. The van der Waals surface area contributed by atoms with Crippen molar-refractivity contribution in [2.24, 2.45) is 0 Å². The van der Waals surface area contributed by atoms with Crippen molar-refractivity contribution in [3.63, 3.8) is 0 Å². The SMILES string of the molecule is CCOc1ccc(NC(=O)NC(C)(C)CCC(=O)O)c(C(F)(F)F)c1. The molecule has 1 aromatic rings. The van der Waals surface area contributed by atoms with E-state index in [0.29, 0.717) is 0 Å². The third-order valence-corrected chi connectivity index (χ3v) is 3.27. The van der Waals surface area contributed by atoms with Gasteiger partial charge in [-0.2, -0.15) is 13.2 Å². The largest absolute Gasteiger partial charge is 0.494 e. The maximum Gasteiger partial charge on any atom is 0.418 e. The highest BCUT2D eigenvalue weighted by molar-refractivity contribution is 5.90. The first-order valence-corrected chi connectivity index (χ1v) is 7.59. The fourth-order valence-corrected chi connectivity index (χ4v) is 2.07. The van der Waals surface area contributed by atoms with Crippen LogP contribution in [0.2, 0.25) is 0 Å². The number of carboxylic acids is 1. The molecule has 0 radical (unpaired) electrons. The van der Waals surface area contributed by atoms with Gasteiger partial charge in [0.25, 0.3) is 0 Å². The fourth-order valence-electron chi connectivity index (χ4n) is 2.07. The summed E-state index contributed by atoms with van der Waals surface area (Å²) in [5, 5.41) is 13.3. The van der Waals surface area contributed by atoms with Crippen LogP contribution in [0.25, 0.3) is 0 Å². The van der Waals surface area contributed by atoms with Crippen molar-refractivity contribution < 1.29 is 32.6 Å². The number of rotatable bonds is 7. The van der Waals surface area contributed by atoms with Crippen molar-refractivity contribution in [3.05, 3.63) is 23.8 Å². The van der Waals surface area contributed by atoms with Gasteiger partial charge in [0.05, 0.1) is 17.9 Å². The Labute approximate surface area is 143 Å². The van der Waals surface area contributed by atoms with E-state index in [1.54, 1.807) is 20.8 Å². The molecule has 25 heavy (non-hydrogen) atoms. The molecule has 0 unspecified atom stereocenters. The summed E-state index contributed by atoms with van der Waals surface area (Å²) in [5.74, 6) is -0.983. The molecular weight excluding hydrogens is 341 g/mol. The summed E-state index contributed by atoms with van der Waals surface area (Å²) in [7, 11) is 0. The number of carbonyl (C=O) groups is 2. The molecule has 0 spiro atoms. The normalized spacial score (nSPS) is 11.8. The van der Waals surface area contributed by atoms with E-state index in [-0.39, 0.29) is 25.2 Å². The van der Waals surface area contributed by atoms with Gasteiger partial charge in [-0.15, -0.1) is 0 Å². The molecule has 0 aliphatic rings. The lowest BCUT2D eigenvalue weighted by Gasteiger charge is -2.26. The standard InChI is InChI=1S/C16H21F3N2O4/c1-4-25-10-5-6-12(11(9-10)16(17,18)19)20-14(24)21-15(2,3)8-7-13(22)23/h5-6,9H,4,7-8H2,1-3H3,(H,22,23)(H2,20,21,24). The second-order valence-electron chi connectivity index (χ2n) is 5.99. The number of ether oxygens (including phenoxy) is 1. The van der Waals surface area contributed by atoms with Gasteiger partial charge >= 0.3 is 18.2 Å². The average Bonchev–Trinajstić information content (AvgIpc) is 2.45. The first-order chi connectivity index (χ1) is 11.4. The third-order valence-electron chi connectivity index (χ3n) is 3.27. The Morgan fingerprint density at radius 3 is 2.40 bits per heavy atom. The molecule has 0 aliphatic heterocycles. The van der Waals surface area contributed by atoms with E-state index in [4.69, 9.17) is 9.84 Å². The van der Waals surface area contributed by atoms with Crippen LogP contribution in [0.3, 0.4) is 0 Å². The Hall–Kier alpha value is -2.45. The number of benzene rings is 1. The molecular formula is C16H21F3N2O4. The molecule has 1 rings (SSSR count). The van der Waals surface area contributed by atoms with Gasteiger partial charge in [0, 0.05) is 12.0 Å². The van der Waals surface area contributed by atoms with Crippen molar-refractivity contribution >= 4 is 17.7 Å². The van der Waals surface area contributed by atoms with Crippen LogP contribution in [0.15, 0.2) is 18.2 Å². The van der Waals surface area contributed by atoms with E-state index < -0.39 is 35.0 Å². The molecule has 1 aromatic carbocycles. The van der Waals surface area contributed by atoms with Crippen LogP contribution < -0.4 is 15.4 Å². The van der Waals surface area contributed by atoms with E-state index >= 15 is 0 Å². The van der Waals surface area contributed by atoms with Gasteiger partial charge in [-0.25, -0.2) is 4.79 Å². The van der Waals surface area contributed by atoms with Gasteiger partial charge in [-0.1, -0.05) is 0 Å². The van der Waals surface area contributed by atoms with Gasteiger partial charge in [-0.3, -0.25) is 4.79 Å². The maximum absolute atomic E-state index is 13.2. The van der Waals surface area contributed by atoms with Crippen molar-refractivity contribution in [2.75, 3.05) is 11.9 Å². The first-order valence-electron chi connectivity index (χ1n) is 7.59. The van der Waals surface area contributed by atoms with E-state index in [9.17, 15) is 22.8 Å². The minimum Gasteiger partial charge on any atom is -0.494 e. The van der Waals surface area contributed by atoms with Gasteiger partial charge in [-0.05, 0) is 45.4 Å². The second-order valence-corrected chi connectivity index (χ2v) is 5.99. The molecule has 0 saturated carbocycles. The second kappa shape index (κ2) is 8.09. The first kappa shape index (κ1) is 20.6. The number of nitrogens with one attached hydrogen (secondary N) is 2. The summed E-state index contributed by atoms with van der Waals surface area (Å²) in [4.78, 5) is 22.6. The molecule has 3 N–H and O–H groups in total. The zero-order valence-corrected chi connectivity index (χ0v) is 14.2. The van der Waals surface area contributed by atoms with E-state index in [2.05, 4.69) is 10.6 Å². The summed E-state index contributed by atoms with van der Waals surface area (Å²) in [6.45, 7) is 5.02. The molecule has 9 heteroatoms. The summed E-state index contributed by atoms with van der Waals surface area (Å²) in [6, 6.07) is 2.39. The van der Waals surface area contributed by atoms with Crippen LogP contribution in [0.5, 0.6) is 5.75 Å². The molecule has 2 amide bonds. The quantitative estimate of drug-likeness (QED) is 0.687. The van der Waals surface area contributed by atoms with Crippen molar-refractivity contribution in [1.82, 2.24) is 5.32 Å². The Morgan fingerprint density at radius 2 is 1.88 bits per heavy atom. The topological polar surface area (TPSA) is 87.7 Å². The van der Waals surface area contributed by atoms with E-state index in [1.807, 2.05) is 0 Å². The van der Waals surface area contributed by atoms with Gasteiger partial charge in [0.2, 0.25) is 0 Å². The fraction of sp³-hybridized carbons (Fsp3) is 0.500. The summed E-state index contributed by atoms with van der Waals surface area (Å²) >= 11 is 0. The maximum atomic E-state index is 13.2. The Bertz CT molecular complexity index is 630. The number of alkyl halides is 3. The van der Waals surface area contributed by atoms with E-state index in [1.165, 1.54) is 6.07 Å². The molecule has 0 saturated heterocycles. The van der Waals surface area contributed by atoms with Crippen LogP contribution >= 0.6 is 0 Å². The number of urea groups is 1. The number of carbonyl (C=O) groups excluding carboxylic acids is 1. The summed E-state index contributed by atoms with van der Waals surface area (Å²) < 4.78 is 44.6. The third kappa shape index (κ3) is 6.90. The van der Waals surface area contributed by atoms with Crippen LogP contribution in [0.4, 0.5) is 23.7 Å². The predicted octanol–water partition coefficient (Wildman–Crippen LogP) is 3.87. The summed E-state index contributed by atoms with van der Waals surface area (Å²) in [5.41, 5.74) is -2.34. The van der Waals surface area contributed by atoms with Crippen LogP contribution in [0.1, 0.15) is 39.2 Å². The lowest BCUT2D eigenvalue weighted by atomic mass is 9.99. The van der Waals surface area contributed by atoms with Gasteiger partial charge in [0.15, 0.2) is 0 Å². The smallest absolute Gasteiger partial charge is 0.418 e. The number of hydrogen-bond donors (Lipinski definition) is 3. The molecule has 0 bridgehead atoms. The molecule has 0 aromatic heterocycles.